The Hall–Kier alpha value is -1.70. The SMILES string of the molecule is CN(CC(N)=O)CC(O)COc1ccc(C(N)=S)cc1. The second kappa shape index (κ2) is 7.78. The van der Waals surface area contributed by atoms with Crippen molar-refractivity contribution >= 4 is 23.1 Å². The molecule has 0 radical (unpaired) electrons. The van der Waals surface area contributed by atoms with E-state index in [9.17, 15) is 9.90 Å². The molecule has 5 N–H and O–H groups in total. The number of nitrogens with zero attached hydrogens (tertiary/aromatic N) is 1. The van der Waals surface area contributed by atoms with Gasteiger partial charge >= 0.3 is 0 Å². The molecule has 0 aliphatic heterocycles. The molecule has 0 saturated carbocycles. The summed E-state index contributed by atoms with van der Waals surface area (Å²) in [6, 6.07) is 6.97. The van der Waals surface area contributed by atoms with Gasteiger partial charge in [-0.15, -0.1) is 0 Å². The highest BCUT2D eigenvalue weighted by molar-refractivity contribution is 7.80. The van der Waals surface area contributed by atoms with E-state index in [4.69, 9.17) is 28.4 Å². The summed E-state index contributed by atoms with van der Waals surface area (Å²) in [6.07, 6.45) is -0.713. The van der Waals surface area contributed by atoms with Crippen LogP contribution in [0.4, 0.5) is 0 Å². The molecule has 6 nitrogen and oxygen atoms in total. The summed E-state index contributed by atoms with van der Waals surface area (Å²) in [4.78, 5) is 12.7. The van der Waals surface area contributed by atoms with Crippen molar-refractivity contribution in [2.24, 2.45) is 11.5 Å². The molecule has 0 aliphatic carbocycles. The number of primary amides is 1. The number of amides is 1. The van der Waals surface area contributed by atoms with Crippen LogP contribution in [0.2, 0.25) is 0 Å². The van der Waals surface area contributed by atoms with Crippen LogP contribution in [0, 0.1) is 0 Å². The van der Waals surface area contributed by atoms with Gasteiger partial charge in [0.2, 0.25) is 5.91 Å². The van der Waals surface area contributed by atoms with Crippen LogP contribution in [0.1, 0.15) is 5.56 Å². The monoisotopic (exact) mass is 297 g/mol. The first-order valence-corrected chi connectivity index (χ1v) is 6.47. The fourth-order valence-corrected chi connectivity index (χ4v) is 1.79. The largest absolute Gasteiger partial charge is 0.491 e. The molecule has 0 bridgehead atoms. The van der Waals surface area contributed by atoms with E-state index < -0.39 is 12.0 Å². The highest BCUT2D eigenvalue weighted by Gasteiger charge is 2.10. The molecule has 20 heavy (non-hydrogen) atoms. The highest BCUT2D eigenvalue weighted by Crippen LogP contribution is 2.12. The quantitative estimate of drug-likeness (QED) is 0.558. The van der Waals surface area contributed by atoms with E-state index in [1.807, 2.05) is 0 Å². The van der Waals surface area contributed by atoms with Crippen LogP contribution in [0.3, 0.4) is 0 Å². The smallest absolute Gasteiger partial charge is 0.231 e. The zero-order chi connectivity index (χ0) is 15.1. The third-order valence-electron chi connectivity index (χ3n) is 2.53. The number of thiocarbonyl (C=S) groups is 1. The van der Waals surface area contributed by atoms with Crippen molar-refractivity contribution in [3.05, 3.63) is 29.8 Å². The van der Waals surface area contributed by atoms with Crippen molar-refractivity contribution in [2.45, 2.75) is 6.10 Å². The van der Waals surface area contributed by atoms with Crippen LogP contribution < -0.4 is 16.2 Å². The van der Waals surface area contributed by atoms with Crippen molar-refractivity contribution in [3.8, 4) is 5.75 Å². The summed E-state index contributed by atoms with van der Waals surface area (Å²) in [5, 5.41) is 9.78. The molecule has 110 valence electrons. The fraction of sp³-hybridized carbons (Fsp3) is 0.385. The number of carbonyl (C=O) groups excluding carboxylic acids is 1. The maximum atomic E-state index is 10.7. The first kappa shape index (κ1) is 16.4. The number of hydrogen-bond acceptors (Lipinski definition) is 5. The number of hydrogen-bond donors (Lipinski definition) is 3. The van der Waals surface area contributed by atoms with Crippen LogP contribution in [-0.4, -0.2) is 53.8 Å². The van der Waals surface area contributed by atoms with Gasteiger partial charge in [0, 0.05) is 12.1 Å². The van der Waals surface area contributed by atoms with E-state index in [2.05, 4.69) is 0 Å². The van der Waals surface area contributed by atoms with Gasteiger partial charge < -0.3 is 21.3 Å². The standard InChI is InChI=1S/C13H19N3O3S/c1-16(7-12(14)18)6-10(17)8-19-11-4-2-9(3-5-11)13(15)20/h2-5,10,17H,6-8H2,1H3,(H2,14,18)(H2,15,20). The first-order chi connectivity index (χ1) is 9.38. The Morgan fingerprint density at radius 3 is 2.50 bits per heavy atom. The van der Waals surface area contributed by atoms with Gasteiger partial charge in [-0.2, -0.15) is 0 Å². The fourth-order valence-electron chi connectivity index (χ4n) is 1.65. The van der Waals surface area contributed by atoms with Crippen molar-refractivity contribution in [1.29, 1.82) is 0 Å². The second-order valence-corrected chi connectivity index (χ2v) is 4.96. The lowest BCUT2D eigenvalue weighted by molar-refractivity contribution is -0.119. The zero-order valence-corrected chi connectivity index (χ0v) is 12.1. The summed E-state index contributed by atoms with van der Waals surface area (Å²) >= 11 is 4.85. The summed E-state index contributed by atoms with van der Waals surface area (Å²) in [6.45, 7) is 0.517. The van der Waals surface area contributed by atoms with Gasteiger partial charge in [0.25, 0.3) is 0 Å². The third kappa shape index (κ3) is 5.96. The summed E-state index contributed by atoms with van der Waals surface area (Å²) in [5.41, 5.74) is 11.3. The normalized spacial score (nSPS) is 12.2. The average molecular weight is 297 g/mol. The number of benzene rings is 1. The predicted molar refractivity (Wildman–Crippen MR) is 80.5 cm³/mol. The van der Waals surface area contributed by atoms with Gasteiger partial charge in [-0.05, 0) is 31.3 Å². The summed E-state index contributed by atoms with van der Waals surface area (Å²) < 4.78 is 5.43. The van der Waals surface area contributed by atoms with Gasteiger partial charge in [-0.1, -0.05) is 12.2 Å². The zero-order valence-electron chi connectivity index (χ0n) is 11.3. The molecule has 1 atom stereocenters. The Kier molecular flexibility index (Phi) is 6.37. The first-order valence-electron chi connectivity index (χ1n) is 6.06. The van der Waals surface area contributed by atoms with E-state index in [1.54, 1.807) is 36.2 Å². The molecule has 1 unspecified atom stereocenters. The number of aliphatic hydroxyl groups excluding tert-OH is 1. The Bertz CT molecular complexity index is 464. The summed E-state index contributed by atoms with van der Waals surface area (Å²) in [7, 11) is 1.70. The minimum atomic E-state index is -0.713. The highest BCUT2D eigenvalue weighted by atomic mass is 32.1. The third-order valence-corrected chi connectivity index (χ3v) is 2.77. The van der Waals surface area contributed by atoms with Gasteiger partial charge in [0.1, 0.15) is 23.4 Å². The van der Waals surface area contributed by atoms with Gasteiger partial charge in [0.05, 0.1) is 6.54 Å². The summed E-state index contributed by atoms with van der Waals surface area (Å²) in [5.74, 6) is 0.176. The average Bonchev–Trinajstić information content (AvgIpc) is 2.35. The maximum absolute atomic E-state index is 10.7. The second-order valence-electron chi connectivity index (χ2n) is 4.52. The molecule has 0 heterocycles. The minimum Gasteiger partial charge on any atom is -0.491 e. The Balaban J connectivity index is 2.38. The molecule has 0 aliphatic rings. The number of likely N-dealkylation sites (N-methyl/N-ethyl adjacent to an activating group) is 1. The van der Waals surface area contributed by atoms with Crippen molar-refractivity contribution in [1.82, 2.24) is 4.90 Å². The van der Waals surface area contributed by atoms with E-state index in [-0.39, 0.29) is 13.2 Å². The van der Waals surface area contributed by atoms with Crippen LogP contribution in [0.15, 0.2) is 24.3 Å². The molecule has 0 fully saturated rings. The van der Waals surface area contributed by atoms with E-state index >= 15 is 0 Å². The van der Waals surface area contributed by atoms with E-state index in [0.29, 0.717) is 17.3 Å². The molecule has 1 amide bonds. The van der Waals surface area contributed by atoms with Crippen LogP contribution in [0.25, 0.3) is 0 Å². The van der Waals surface area contributed by atoms with Gasteiger partial charge in [-0.3, -0.25) is 9.69 Å². The molecule has 0 aromatic heterocycles. The van der Waals surface area contributed by atoms with Crippen LogP contribution >= 0.6 is 12.2 Å². The number of aliphatic hydroxyl groups is 1. The molecule has 7 heteroatoms. The molecule has 1 aromatic carbocycles. The lowest BCUT2D eigenvalue weighted by atomic mass is 10.2. The Morgan fingerprint density at radius 2 is 2.00 bits per heavy atom. The molecule has 1 rings (SSSR count). The van der Waals surface area contributed by atoms with Crippen LogP contribution in [0.5, 0.6) is 5.75 Å². The van der Waals surface area contributed by atoms with E-state index in [0.717, 1.165) is 5.56 Å². The number of rotatable bonds is 8. The molecular weight excluding hydrogens is 278 g/mol. The van der Waals surface area contributed by atoms with Gasteiger partial charge in [-0.25, -0.2) is 0 Å². The molecule has 0 saturated heterocycles. The van der Waals surface area contributed by atoms with E-state index in [1.165, 1.54) is 0 Å². The Labute approximate surface area is 123 Å². The minimum absolute atomic E-state index is 0.0969. The van der Waals surface area contributed by atoms with Crippen LogP contribution in [-0.2, 0) is 4.79 Å². The molecule has 1 aromatic rings. The number of ether oxygens (including phenoxy) is 1. The number of carbonyl (C=O) groups is 1. The van der Waals surface area contributed by atoms with Crippen molar-refractivity contribution in [3.63, 3.8) is 0 Å². The predicted octanol–water partition coefficient (Wildman–Crippen LogP) is -0.522. The van der Waals surface area contributed by atoms with Crippen molar-refractivity contribution in [2.75, 3.05) is 26.7 Å². The topological polar surface area (TPSA) is 102 Å². The van der Waals surface area contributed by atoms with Gasteiger partial charge in [0.15, 0.2) is 0 Å². The molecule has 0 spiro atoms. The number of nitrogens with two attached hydrogens (primary N) is 2. The molecular formula is C13H19N3O3S. The lowest BCUT2D eigenvalue weighted by Gasteiger charge is -2.19. The maximum Gasteiger partial charge on any atom is 0.231 e. The lowest BCUT2D eigenvalue weighted by Crippen LogP contribution is -2.38. The van der Waals surface area contributed by atoms with Crippen molar-refractivity contribution < 1.29 is 14.6 Å². The Morgan fingerprint density at radius 1 is 1.40 bits per heavy atom.